The Morgan fingerprint density at radius 1 is 1.26 bits per heavy atom. The minimum Gasteiger partial charge on any atom is -0.478 e. The van der Waals surface area contributed by atoms with E-state index in [0.29, 0.717) is 5.69 Å². The molecule has 0 spiro atoms. The molecule has 0 unspecified atom stereocenters. The molecule has 2 aromatic rings. The van der Waals surface area contributed by atoms with Crippen molar-refractivity contribution < 1.29 is 9.90 Å². The average molecular weight is 321 g/mol. The van der Waals surface area contributed by atoms with Gasteiger partial charge in [-0.3, -0.25) is 4.98 Å². The van der Waals surface area contributed by atoms with Crippen LogP contribution in [0.2, 0.25) is 0 Å². The number of benzene rings is 1. The van der Waals surface area contributed by atoms with Gasteiger partial charge in [0.2, 0.25) is 0 Å². The molecule has 2 N–H and O–H groups in total. The Morgan fingerprint density at radius 2 is 2.00 bits per heavy atom. The standard InChI is InChI=1S/C14H13BrN2O2/c1-8-3-4-12(11(15)5-8)17-13-6-9(2)16-7-10(13)14(18)19/h3-7H,1-2H3,(H,16,17)(H,18,19). The van der Waals surface area contributed by atoms with Crippen LogP contribution in [0.5, 0.6) is 0 Å². The predicted molar refractivity (Wildman–Crippen MR) is 78.1 cm³/mol. The summed E-state index contributed by atoms with van der Waals surface area (Å²) in [6, 6.07) is 7.55. The third-order valence-electron chi connectivity index (χ3n) is 2.67. The molecule has 1 aromatic heterocycles. The maximum atomic E-state index is 11.2. The fourth-order valence-electron chi connectivity index (χ4n) is 1.70. The van der Waals surface area contributed by atoms with Crippen molar-refractivity contribution in [3.8, 4) is 0 Å². The molecule has 1 aromatic carbocycles. The molecule has 0 aliphatic rings. The van der Waals surface area contributed by atoms with Gasteiger partial charge in [-0.25, -0.2) is 4.79 Å². The number of pyridine rings is 1. The third kappa shape index (κ3) is 3.12. The van der Waals surface area contributed by atoms with E-state index in [-0.39, 0.29) is 5.56 Å². The van der Waals surface area contributed by atoms with E-state index in [2.05, 4.69) is 26.2 Å². The zero-order chi connectivity index (χ0) is 14.0. The molecule has 0 amide bonds. The molecular weight excluding hydrogens is 308 g/mol. The molecule has 0 aliphatic heterocycles. The lowest BCUT2D eigenvalue weighted by atomic mass is 10.2. The number of carboxylic acid groups (broad SMARTS) is 1. The first-order chi connectivity index (χ1) is 8.97. The third-order valence-corrected chi connectivity index (χ3v) is 3.32. The van der Waals surface area contributed by atoms with Crippen molar-refractivity contribution in [3.05, 3.63) is 51.8 Å². The summed E-state index contributed by atoms with van der Waals surface area (Å²) < 4.78 is 0.887. The first kappa shape index (κ1) is 13.5. The normalized spacial score (nSPS) is 10.3. The number of rotatable bonds is 3. The number of aromatic carboxylic acids is 1. The van der Waals surface area contributed by atoms with E-state index in [4.69, 9.17) is 5.11 Å². The molecule has 0 bridgehead atoms. The summed E-state index contributed by atoms with van der Waals surface area (Å²) in [5, 5.41) is 12.3. The molecule has 0 atom stereocenters. The molecule has 19 heavy (non-hydrogen) atoms. The molecule has 1 heterocycles. The van der Waals surface area contributed by atoms with Crippen LogP contribution in [-0.2, 0) is 0 Å². The van der Waals surface area contributed by atoms with E-state index in [1.165, 1.54) is 6.20 Å². The fourth-order valence-corrected chi connectivity index (χ4v) is 2.29. The molecule has 4 nitrogen and oxygen atoms in total. The summed E-state index contributed by atoms with van der Waals surface area (Å²) in [4.78, 5) is 15.2. The molecule has 0 fully saturated rings. The number of nitrogens with zero attached hydrogens (tertiary/aromatic N) is 1. The summed E-state index contributed by atoms with van der Waals surface area (Å²) in [5.74, 6) is -1.00. The minimum absolute atomic E-state index is 0.151. The first-order valence-electron chi connectivity index (χ1n) is 5.70. The van der Waals surface area contributed by atoms with Crippen LogP contribution in [0.4, 0.5) is 11.4 Å². The summed E-state index contributed by atoms with van der Waals surface area (Å²) in [6.45, 7) is 3.81. The molecular formula is C14H13BrN2O2. The van der Waals surface area contributed by atoms with E-state index < -0.39 is 5.97 Å². The molecule has 0 aliphatic carbocycles. The van der Waals surface area contributed by atoms with Gasteiger partial charge in [-0.05, 0) is 53.5 Å². The maximum Gasteiger partial charge on any atom is 0.339 e. The largest absolute Gasteiger partial charge is 0.478 e. The number of aryl methyl sites for hydroxylation is 2. The Morgan fingerprint density at radius 3 is 2.63 bits per heavy atom. The lowest BCUT2D eigenvalue weighted by Gasteiger charge is -2.12. The number of nitrogens with one attached hydrogen (secondary N) is 1. The van der Waals surface area contributed by atoms with E-state index >= 15 is 0 Å². The zero-order valence-electron chi connectivity index (χ0n) is 10.6. The highest BCUT2D eigenvalue weighted by atomic mass is 79.9. The number of hydrogen-bond donors (Lipinski definition) is 2. The van der Waals surface area contributed by atoms with Crippen LogP contribution in [0, 0.1) is 13.8 Å². The summed E-state index contributed by atoms with van der Waals surface area (Å²) >= 11 is 3.46. The number of carbonyl (C=O) groups is 1. The van der Waals surface area contributed by atoms with Gasteiger partial charge in [-0.2, -0.15) is 0 Å². The second-order valence-electron chi connectivity index (χ2n) is 4.28. The Hall–Kier alpha value is -1.88. The first-order valence-corrected chi connectivity index (χ1v) is 6.50. The van der Waals surface area contributed by atoms with Crippen LogP contribution in [0.25, 0.3) is 0 Å². The zero-order valence-corrected chi connectivity index (χ0v) is 12.2. The molecule has 0 saturated carbocycles. The predicted octanol–water partition coefficient (Wildman–Crippen LogP) is 3.90. The van der Waals surface area contributed by atoms with E-state index in [1.807, 2.05) is 32.0 Å². The Labute approximate surface area is 119 Å². The second kappa shape index (κ2) is 5.40. The van der Waals surface area contributed by atoms with Crippen molar-refractivity contribution in [1.29, 1.82) is 0 Å². The molecule has 0 radical (unpaired) electrons. The highest BCUT2D eigenvalue weighted by Gasteiger charge is 2.12. The van der Waals surface area contributed by atoms with Gasteiger partial charge >= 0.3 is 5.97 Å². The lowest BCUT2D eigenvalue weighted by Crippen LogP contribution is -2.04. The van der Waals surface area contributed by atoms with Crippen molar-refractivity contribution in [1.82, 2.24) is 4.98 Å². The van der Waals surface area contributed by atoms with E-state index in [9.17, 15) is 4.79 Å². The van der Waals surface area contributed by atoms with Gasteiger partial charge in [-0.15, -0.1) is 0 Å². The van der Waals surface area contributed by atoms with Crippen LogP contribution in [0.1, 0.15) is 21.6 Å². The van der Waals surface area contributed by atoms with Crippen LogP contribution in [0.3, 0.4) is 0 Å². The minimum atomic E-state index is -1.00. The van der Waals surface area contributed by atoms with Crippen molar-refractivity contribution in [2.45, 2.75) is 13.8 Å². The monoisotopic (exact) mass is 320 g/mol. The number of carboxylic acids is 1. The number of hydrogen-bond acceptors (Lipinski definition) is 3. The van der Waals surface area contributed by atoms with Crippen LogP contribution in [-0.4, -0.2) is 16.1 Å². The SMILES string of the molecule is Cc1ccc(Nc2cc(C)ncc2C(=O)O)c(Br)c1. The van der Waals surface area contributed by atoms with Gasteiger partial charge < -0.3 is 10.4 Å². The van der Waals surface area contributed by atoms with Crippen LogP contribution < -0.4 is 5.32 Å². The van der Waals surface area contributed by atoms with Gasteiger partial charge in [0.15, 0.2) is 0 Å². The summed E-state index contributed by atoms with van der Waals surface area (Å²) in [6.07, 6.45) is 1.36. The van der Waals surface area contributed by atoms with Crippen molar-refractivity contribution in [2.24, 2.45) is 0 Å². The number of halogens is 1. The van der Waals surface area contributed by atoms with E-state index in [1.54, 1.807) is 6.07 Å². The second-order valence-corrected chi connectivity index (χ2v) is 5.14. The van der Waals surface area contributed by atoms with Gasteiger partial charge in [0, 0.05) is 16.4 Å². The Bertz CT molecular complexity index is 641. The topological polar surface area (TPSA) is 62.2 Å². The van der Waals surface area contributed by atoms with Crippen molar-refractivity contribution in [2.75, 3.05) is 5.32 Å². The molecule has 5 heteroatoms. The smallest absolute Gasteiger partial charge is 0.339 e. The quantitative estimate of drug-likeness (QED) is 0.900. The van der Waals surface area contributed by atoms with Gasteiger partial charge in [0.05, 0.1) is 11.4 Å². The highest BCUT2D eigenvalue weighted by Crippen LogP contribution is 2.28. The lowest BCUT2D eigenvalue weighted by molar-refractivity contribution is 0.0697. The summed E-state index contributed by atoms with van der Waals surface area (Å²) in [7, 11) is 0. The van der Waals surface area contributed by atoms with E-state index in [0.717, 1.165) is 21.4 Å². The van der Waals surface area contributed by atoms with Crippen LogP contribution in [0.15, 0.2) is 34.9 Å². The maximum absolute atomic E-state index is 11.2. The van der Waals surface area contributed by atoms with Gasteiger partial charge in [-0.1, -0.05) is 6.07 Å². The van der Waals surface area contributed by atoms with Gasteiger partial charge in [0.25, 0.3) is 0 Å². The Balaban J connectivity index is 2.42. The van der Waals surface area contributed by atoms with Crippen molar-refractivity contribution >= 4 is 33.3 Å². The highest BCUT2D eigenvalue weighted by molar-refractivity contribution is 9.10. The van der Waals surface area contributed by atoms with Gasteiger partial charge in [0.1, 0.15) is 5.56 Å². The fraction of sp³-hybridized carbons (Fsp3) is 0.143. The number of aromatic nitrogens is 1. The molecule has 0 saturated heterocycles. The van der Waals surface area contributed by atoms with Crippen molar-refractivity contribution in [3.63, 3.8) is 0 Å². The van der Waals surface area contributed by atoms with Crippen LogP contribution >= 0.6 is 15.9 Å². The average Bonchev–Trinajstić information content (AvgIpc) is 2.32. The summed E-state index contributed by atoms with van der Waals surface area (Å²) in [5.41, 5.74) is 3.39. The molecule has 2 rings (SSSR count). The Kier molecular flexibility index (Phi) is 3.85. The number of anilines is 2. The molecule has 98 valence electrons.